The zero-order valence-corrected chi connectivity index (χ0v) is 10.9. The van der Waals surface area contributed by atoms with Gasteiger partial charge >= 0.3 is 0 Å². The standard InChI is InChI=1S/C13H22N2O3/c1-10-13(17)12(7-14)11(8-15-10)9-18-6-4-2-3-5-16/h8,16-17H,2-7,9,14H2,1H3. The Hall–Kier alpha value is -1.17. The van der Waals surface area contributed by atoms with Crippen LogP contribution in [0.25, 0.3) is 0 Å². The summed E-state index contributed by atoms with van der Waals surface area (Å²) in [6, 6.07) is 0. The summed E-state index contributed by atoms with van der Waals surface area (Å²) in [5.74, 6) is 0.166. The normalized spacial score (nSPS) is 10.8. The van der Waals surface area contributed by atoms with Crippen molar-refractivity contribution in [1.29, 1.82) is 0 Å². The Morgan fingerprint density at radius 2 is 2.11 bits per heavy atom. The fourth-order valence-corrected chi connectivity index (χ4v) is 1.71. The molecule has 0 aromatic carbocycles. The molecule has 0 fully saturated rings. The average Bonchev–Trinajstić information content (AvgIpc) is 2.38. The Kier molecular flexibility index (Phi) is 6.64. The lowest BCUT2D eigenvalue weighted by molar-refractivity contribution is 0.114. The maximum absolute atomic E-state index is 9.83. The maximum Gasteiger partial charge on any atom is 0.141 e. The number of pyridine rings is 1. The summed E-state index contributed by atoms with van der Waals surface area (Å²) in [6.45, 7) is 3.30. The van der Waals surface area contributed by atoms with Crippen molar-refractivity contribution in [3.8, 4) is 5.75 Å². The van der Waals surface area contributed by atoms with E-state index in [-0.39, 0.29) is 18.9 Å². The molecule has 0 unspecified atom stereocenters. The van der Waals surface area contributed by atoms with Crippen LogP contribution in [-0.2, 0) is 17.9 Å². The van der Waals surface area contributed by atoms with Crippen LogP contribution in [0.2, 0.25) is 0 Å². The highest BCUT2D eigenvalue weighted by Crippen LogP contribution is 2.23. The second-order valence-electron chi connectivity index (χ2n) is 4.24. The van der Waals surface area contributed by atoms with Gasteiger partial charge in [-0.05, 0) is 26.2 Å². The lowest BCUT2D eigenvalue weighted by Gasteiger charge is -2.11. The number of nitrogens with two attached hydrogens (primary N) is 1. The number of hydrogen-bond acceptors (Lipinski definition) is 5. The van der Waals surface area contributed by atoms with Crippen LogP contribution in [0.5, 0.6) is 5.75 Å². The molecule has 4 N–H and O–H groups in total. The molecule has 0 saturated heterocycles. The van der Waals surface area contributed by atoms with E-state index >= 15 is 0 Å². The van der Waals surface area contributed by atoms with Crippen molar-refractivity contribution in [2.45, 2.75) is 39.3 Å². The van der Waals surface area contributed by atoms with Gasteiger partial charge in [-0.1, -0.05) is 0 Å². The number of ether oxygens (including phenoxy) is 1. The van der Waals surface area contributed by atoms with Gasteiger partial charge in [-0.2, -0.15) is 0 Å². The number of hydrogen-bond donors (Lipinski definition) is 3. The summed E-state index contributed by atoms with van der Waals surface area (Å²) in [5, 5.41) is 18.5. The highest BCUT2D eigenvalue weighted by atomic mass is 16.5. The van der Waals surface area contributed by atoms with E-state index in [1.165, 1.54) is 0 Å². The van der Waals surface area contributed by atoms with Crippen molar-refractivity contribution in [3.63, 3.8) is 0 Å². The first-order chi connectivity index (χ1) is 8.70. The Bertz CT molecular complexity index is 369. The van der Waals surface area contributed by atoms with E-state index in [4.69, 9.17) is 15.6 Å². The van der Waals surface area contributed by atoms with Crippen LogP contribution in [0.15, 0.2) is 6.20 Å². The minimum absolute atomic E-state index is 0.166. The van der Waals surface area contributed by atoms with Gasteiger partial charge in [-0.25, -0.2) is 0 Å². The van der Waals surface area contributed by atoms with E-state index in [1.54, 1.807) is 13.1 Å². The summed E-state index contributed by atoms with van der Waals surface area (Å²) in [6.07, 6.45) is 4.39. The number of aryl methyl sites for hydroxylation is 1. The van der Waals surface area contributed by atoms with E-state index < -0.39 is 0 Å². The lowest BCUT2D eigenvalue weighted by Crippen LogP contribution is -2.06. The SMILES string of the molecule is Cc1ncc(COCCCCCO)c(CN)c1O. The van der Waals surface area contributed by atoms with Gasteiger partial charge in [-0.15, -0.1) is 0 Å². The van der Waals surface area contributed by atoms with Gasteiger partial charge in [0.1, 0.15) is 5.75 Å². The zero-order chi connectivity index (χ0) is 13.4. The maximum atomic E-state index is 9.83. The van der Waals surface area contributed by atoms with Crippen LogP contribution in [-0.4, -0.2) is 28.4 Å². The van der Waals surface area contributed by atoms with Crippen LogP contribution < -0.4 is 5.73 Å². The third-order valence-electron chi connectivity index (χ3n) is 2.84. The number of rotatable bonds is 8. The largest absolute Gasteiger partial charge is 0.506 e. The summed E-state index contributed by atoms with van der Waals surface area (Å²) in [5.41, 5.74) is 7.75. The van der Waals surface area contributed by atoms with Gasteiger partial charge in [0.2, 0.25) is 0 Å². The number of aliphatic hydroxyl groups excluding tert-OH is 1. The molecule has 0 spiro atoms. The van der Waals surface area contributed by atoms with Crippen molar-refractivity contribution >= 4 is 0 Å². The number of aromatic nitrogens is 1. The van der Waals surface area contributed by atoms with Crippen LogP contribution in [0.4, 0.5) is 0 Å². The van der Waals surface area contributed by atoms with E-state index in [0.29, 0.717) is 24.5 Å². The zero-order valence-electron chi connectivity index (χ0n) is 10.9. The summed E-state index contributed by atoms with van der Waals surface area (Å²) >= 11 is 0. The molecular weight excluding hydrogens is 232 g/mol. The van der Waals surface area contributed by atoms with Gasteiger partial charge in [0.05, 0.1) is 12.3 Å². The van der Waals surface area contributed by atoms with Crippen LogP contribution in [0.3, 0.4) is 0 Å². The second kappa shape index (κ2) is 8.02. The van der Waals surface area contributed by atoms with Crippen molar-refractivity contribution in [2.24, 2.45) is 5.73 Å². The summed E-state index contributed by atoms with van der Waals surface area (Å²) < 4.78 is 5.52. The molecule has 0 radical (unpaired) electrons. The van der Waals surface area contributed by atoms with E-state index in [2.05, 4.69) is 4.98 Å². The van der Waals surface area contributed by atoms with E-state index in [1.807, 2.05) is 0 Å². The van der Waals surface area contributed by atoms with Crippen LogP contribution in [0, 0.1) is 6.92 Å². The molecule has 1 aromatic rings. The third-order valence-corrected chi connectivity index (χ3v) is 2.84. The molecule has 0 atom stereocenters. The minimum atomic E-state index is 0.166. The summed E-state index contributed by atoms with van der Waals surface area (Å²) in [4.78, 5) is 4.10. The number of unbranched alkanes of at least 4 members (excludes halogenated alkanes) is 2. The van der Waals surface area contributed by atoms with Gasteiger partial charge in [0.25, 0.3) is 0 Å². The molecule has 18 heavy (non-hydrogen) atoms. The Morgan fingerprint density at radius 3 is 2.78 bits per heavy atom. The molecule has 0 saturated carbocycles. The van der Waals surface area contributed by atoms with Gasteiger partial charge in [-0.3, -0.25) is 4.98 Å². The predicted molar refractivity (Wildman–Crippen MR) is 69.1 cm³/mol. The molecule has 1 heterocycles. The first kappa shape index (κ1) is 14.9. The highest BCUT2D eigenvalue weighted by Gasteiger charge is 2.10. The fraction of sp³-hybridized carbons (Fsp3) is 0.615. The second-order valence-corrected chi connectivity index (χ2v) is 4.24. The van der Waals surface area contributed by atoms with Crippen molar-refractivity contribution in [3.05, 3.63) is 23.0 Å². The minimum Gasteiger partial charge on any atom is -0.506 e. The molecule has 0 aliphatic rings. The number of nitrogens with zero attached hydrogens (tertiary/aromatic N) is 1. The Morgan fingerprint density at radius 1 is 1.33 bits per heavy atom. The average molecular weight is 254 g/mol. The molecule has 0 amide bonds. The highest BCUT2D eigenvalue weighted by molar-refractivity contribution is 5.40. The predicted octanol–water partition coefficient (Wildman–Crippen LogP) is 1.23. The topological polar surface area (TPSA) is 88.6 Å². The first-order valence-corrected chi connectivity index (χ1v) is 6.25. The smallest absolute Gasteiger partial charge is 0.141 e. The fourth-order valence-electron chi connectivity index (χ4n) is 1.71. The molecule has 0 aliphatic heterocycles. The monoisotopic (exact) mass is 254 g/mol. The lowest BCUT2D eigenvalue weighted by atomic mass is 10.1. The molecular formula is C13H22N2O3. The first-order valence-electron chi connectivity index (χ1n) is 6.25. The molecule has 1 rings (SSSR count). The number of aromatic hydroxyl groups is 1. The Labute approximate surface area is 108 Å². The molecule has 1 aromatic heterocycles. The van der Waals surface area contributed by atoms with Crippen molar-refractivity contribution in [1.82, 2.24) is 4.98 Å². The summed E-state index contributed by atoms with van der Waals surface area (Å²) in [7, 11) is 0. The molecule has 102 valence electrons. The Balaban J connectivity index is 2.45. The van der Waals surface area contributed by atoms with Crippen LogP contribution in [0.1, 0.15) is 36.1 Å². The van der Waals surface area contributed by atoms with Gasteiger partial charge in [0, 0.05) is 37.1 Å². The quantitative estimate of drug-likeness (QED) is 0.607. The van der Waals surface area contributed by atoms with Gasteiger partial charge in [0.15, 0.2) is 0 Å². The van der Waals surface area contributed by atoms with Crippen LogP contribution >= 0.6 is 0 Å². The van der Waals surface area contributed by atoms with Gasteiger partial charge < -0.3 is 20.7 Å². The molecule has 5 nitrogen and oxygen atoms in total. The van der Waals surface area contributed by atoms with E-state index in [9.17, 15) is 5.11 Å². The molecule has 0 aliphatic carbocycles. The molecule has 5 heteroatoms. The van der Waals surface area contributed by atoms with Crippen molar-refractivity contribution < 1.29 is 14.9 Å². The third kappa shape index (κ3) is 4.25. The number of aliphatic hydroxyl groups is 1. The van der Waals surface area contributed by atoms with E-state index in [0.717, 1.165) is 24.8 Å². The molecule has 0 bridgehead atoms. The van der Waals surface area contributed by atoms with Crippen molar-refractivity contribution in [2.75, 3.05) is 13.2 Å².